The van der Waals surface area contributed by atoms with Crippen LogP contribution in [0.3, 0.4) is 0 Å². The quantitative estimate of drug-likeness (QED) is 0.850. The van der Waals surface area contributed by atoms with E-state index in [0.717, 1.165) is 16.4 Å². The van der Waals surface area contributed by atoms with Gasteiger partial charge in [0.25, 0.3) is 0 Å². The lowest BCUT2D eigenvalue weighted by Crippen LogP contribution is -2.44. The highest BCUT2D eigenvalue weighted by Crippen LogP contribution is 2.26. The average Bonchev–Trinajstić information content (AvgIpc) is 2.77. The normalized spacial score (nSPS) is 24.1. The zero-order chi connectivity index (χ0) is 14.2. The zero-order valence-electron chi connectivity index (χ0n) is 10.2. The molecular formula is C11H14ClFN2O3S. The van der Waals surface area contributed by atoms with E-state index in [2.05, 4.69) is 5.32 Å². The first-order chi connectivity index (χ1) is 8.84. The molecule has 0 saturated carbocycles. The molecule has 0 bridgehead atoms. The van der Waals surface area contributed by atoms with Gasteiger partial charge in [-0.25, -0.2) is 12.8 Å². The lowest BCUT2D eigenvalue weighted by atomic mass is 10.2. The summed E-state index contributed by atoms with van der Waals surface area (Å²) in [5, 5.41) is 12.6. The van der Waals surface area contributed by atoms with Crippen molar-refractivity contribution < 1.29 is 17.9 Å². The minimum Gasteiger partial charge on any atom is -0.390 e. The van der Waals surface area contributed by atoms with E-state index in [4.69, 9.17) is 11.6 Å². The van der Waals surface area contributed by atoms with Crippen molar-refractivity contribution in [1.82, 2.24) is 9.62 Å². The van der Waals surface area contributed by atoms with E-state index in [1.54, 1.807) is 0 Å². The maximum Gasteiger partial charge on any atom is 0.244 e. The number of hydrogen-bond acceptors (Lipinski definition) is 4. The lowest BCUT2D eigenvalue weighted by Gasteiger charge is -2.26. The maximum atomic E-state index is 13.2. The van der Waals surface area contributed by atoms with E-state index in [9.17, 15) is 17.9 Å². The second-order valence-electron chi connectivity index (χ2n) is 4.39. The Morgan fingerprint density at radius 1 is 1.47 bits per heavy atom. The fourth-order valence-electron chi connectivity index (χ4n) is 2.03. The van der Waals surface area contributed by atoms with Crippen LogP contribution in [0.4, 0.5) is 4.39 Å². The number of aliphatic hydroxyl groups is 1. The SMILES string of the molecule is CN([C@H]1CNC[C@@H]1O)S(=O)(=O)c1cc(F)ccc1Cl. The molecule has 19 heavy (non-hydrogen) atoms. The van der Waals surface area contributed by atoms with Crippen molar-refractivity contribution in [3.8, 4) is 0 Å². The van der Waals surface area contributed by atoms with Crippen LogP contribution in [0.5, 0.6) is 0 Å². The fourth-order valence-corrected chi connectivity index (χ4v) is 3.90. The van der Waals surface area contributed by atoms with Crippen LogP contribution in [0, 0.1) is 5.82 Å². The van der Waals surface area contributed by atoms with Gasteiger partial charge in [-0.1, -0.05) is 11.6 Å². The van der Waals surface area contributed by atoms with Crippen molar-refractivity contribution >= 4 is 21.6 Å². The monoisotopic (exact) mass is 308 g/mol. The molecule has 1 aliphatic heterocycles. The number of likely N-dealkylation sites (N-methyl/N-ethyl adjacent to an activating group) is 1. The largest absolute Gasteiger partial charge is 0.390 e. The molecule has 106 valence electrons. The van der Waals surface area contributed by atoms with Crippen molar-refractivity contribution in [2.24, 2.45) is 0 Å². The Morgan fingerprint density at radius 2 is 2.16 bits per heavy atom. The Morgan fingerprint density at radius 3 is 2.74 bits per heavy atom. The molecule has 1 saturated heterocycles. The number of aliphatic hydroxyl groups excluding tert-OH is 1. The number of sulfonamides is 1. The van der Waals surface area contributed by atoms with Gasteiger partial charge in [-0.3, -0.25) is 0 Å². The minimum atomic E-state index is -3.95. The van der Waals surface area contributed by atoms with Crippen LogP contribution in [0.1, 0.15) is 0 Å². The van der Waals surface area contributed by atoms with Gasteiger partial charge in [0.05, 0.1) is 17.2 Å². The van der Waals surface area contributed by atoms with Crippen molar-refractivity contribution in [2.75, 3.05) is 20.1 Å². The summed E-state index contributed by atoms with van der Waals surface area (Å²) in [6.07, 6.45) is -0.799. The van der Waals surface area contributed by atoms with Gasteiger partial charge in [0, 0.05) is 20.1 Å². The van der Waals surface area contributed by atoms with Crippen molar-refractivity contribution in [1.29, 1.82) is 0 Å². The molecule has 8 heteroatoms. The van der Waals surface area contributed by atoms with Gasteiger partial charge in [-0.15, -0.1) is 0 Å². The topological polar surface area (TPSA) is 69.6 Å². The van der Waals surface area contributed by atoms with E-state index in [1.807, 2.05) is 0 Å². The maximum absolute atomic E-state index is 13.2. The number of halogens is 2. The summed E-state index contributed by atoms with van der Waals surface area (Å²) < 4.78 is 39.0. The summed E-state index contributed by atoms with van der Waals surface area (Å²) in [7, 11) is -2.60. The Hall–Kier alpha value is -0.730. The van der Waals surface area contributed by atoms with Gasteiger partial charge >= 0.3 is 0 Å². The van der Waals surface area contributed by atoms with Crippen molar-refractivity contribution in [3.05, 3.63) is 29.0 Å². The highest BCUT2D eigenvalue weighted by Gasteiger charge is 2.36. The molecule has 0 aromatic heterocycles. The molecule has 0 aliphatic carbocycles. The molecule has 1 heterocycles. The second kappa shape index (κ2) is 5.34. The second-order valence-corrected chi connectivity index (χ2v) is 6.76. The molecule has 1 aromatic rings. The molecule has 2 N–H and O–H groups in total. The van der Waals surface area contributed by atoms with Crippen molar-refractivity contribution in [2.45, 2.75) is 17.0 Å². The Balaban J connectivity index is 2.39. The fraction of sp³-hybridized carbons (Fsp3) is 0.455. The summed E-state index contributed by atoms with van der Waals surface area (Å²) in [5.74, 6) is -0.679. The van der Waals surface area contributed by atoms with Crippen LogP contribution in [0.25, 0.3) is 0 Å². The summed E-state index contributed by atoms with van der Waals surface area (Å²) >= 11 is 5.82. The number of nitrogens with one attached hydrogen (secondary N) is 1. The summed E-state index contributed by atoms with van der Waals surface area (Å²) in [6, 6.07) is 2.57. The first kappa shape index (κ1) is 14.7. The van der Waals surface area contributed by atoms with Gasteiger partial charge in [0.15, 0.2) is 0 Å². The Labute approximate surface area is 116 Å². The molecule has 1 fully saturated rings. The molecule has 2 atom stereocenters. The smallest absolute Gasteiger partial charge is 0.244 e. The summed E-state index contributed by atoms with van der Waals surface area (Å²) in [4.78, 5) is -0.296. The highest BCUT2D eigenvalue weighted by molar-refractivity contribution is 7.89. The third kappa shape index (κ3) is 2.75. The number of β-amino-alcohol motifs (C(OH)–C–C–N with tert-alkyl or cyclic N) is 1. The lowest BCUT2D eigenvalue weighted by molar-refractivity contribution is 0.136. The molecule has 1 aromatic carbocycles. The first-order valence-corrected chi connectivity index (χ1v) is 7.47. The molecule has 0 radical (unpaired) electrons. The molecule has 0 spiro atoms. The molecule has 0 amide bonds. The van der Waals surface area contributed by atoms with Gasteiger partial charge < -0.3 is 10.4 Å². The van der Waals surface area contributed by atoms with Crippen LogP contribution in [-0.2, 0) is 10.0 Å². The van der Waals surface area contributed by atoms with Crippen LogP contribution < -0.4 is 5.32 Å². The number of hydrogen-bond donors (Lipinski definition) is 2. The third-order valence-corrected chi connectivity index (χ3v) is 5.53. The van der Waals surface area contributed by atoms with E-state index in [0.29, 0.717) is 13.1 Å². The predicted molar refractivity (Wildman–Crippen MR) is 69.0 cm³/mol. The van der Waals surface area contributed by atoms with Crippen LogP contribution in [0.2, 0.25) is 5.02 Å². The van der Waals surface area contributed by atoms with Crippen molar-refractivity contribution in [3.63, 3.8) is 0 Å². The minimum absolute atomic E-state index is 0.0475. The van der Waals surface area contributed by atoms with E-state index >= 15 is 0 Å². The molecule has 5 nitrogen and oxygen atoms in total. The zero-order valence-corrected chi connectivity index (χ0v) is 11.7. The van der Waals surface area contributed by atoms with E-state index < -0.39 is 28.0 Å². The van der Waals surface area contributed by atoms with Gasteiger partial charge in [0.1, 0.15) is 10.7 Å². The molecule has 1 aliphatic rings. The van der Waals surface area contributed by atoms with Gasteiger partial charge in [-0.2, -0.15) is 4.31 Å². The Kier molecular flexibility index (Phi) is 4.12. The summed E-state index contributed by atoms with van der Waals surface area (Å²) in [6.45, 7) is 0.658. The summed E-state index contributed by atoms with van der Waals surface area (Å²) in [5.41, 5.74) is 0. The van der Waals surface area contributed by atoms with Crippen LogP contribution in [0.15, 0.2) is 23.1 Å². The first-order valence-electron chi connectivity index (χ1n) is 5.66. The number of nitrogens with zero attached hydrogens (tertiary/aromatic N) is 1. The molecular weight excluding hydrogens is 295 g/mol. The number of rotatable bonds is 3. The van der Waals surface area contributed by atoms with E-state index in [1.165, 1.54) is 13.1 Å². The van der Waals surface area contributed by atoms with Gasteiger partial charge in [-0.05, 0) is 18.2 Å². The standard InChI is InChI=1S/C11H14ClFN2O3S/c1-15(9-5-14-6-10(9)16)19(17,18)11-4-7(13)2-3-8(11)12/h2-4,9-10,14,16H,5-6H2,1H3/t9-,10-/m0/s1. The molecule has 0 unspecified atom stereocenters. The van der Waals surface area contributed by atoms with Crippen LogP contribution in [-0.4, -0.2) is 50.1 Å². The molecule has 2 rings (SSSR count). The van der Waals surface area contributed by atoms with Gasteiger partial charge in [0.2, 0.25) is 10.0 Å². The van der Waals surface area contributed by atoms with Crippen LogP contribution >= 0.6 is 11.6 Å². The third-order valence-electron chi connectivity index (χ3n) is 3.17. The highest BCUT2D eigenvalue weighted by atomic mass is 35.5. The average molecular weight is 309 g/mol. The van der Waals surface area contributed by atoms with E-state index in [-0.39, 0.29) is 9.92 Å². The predicted octanol–water partition coefficient (Wildman–Crippen LogP) is 0.432. The number of benzene rings is 1. The Bertz CT molecular complexity index is 581.